The minimum absolute atomic E-state index is 0.145. The van der Waals surface area contributed by atoms with Crippen LogP contribution in [0, 0.1) is 5.82 Å². The number of hydrogen-bond donors (Lipinski definition) is 2. The van der Waals surface area contributed by atoms with E-state index in [0.29, 0.717) is 25.4 Å². The average molecular weight is 441 g/mol. The fourth-order valence-corrected chi connectivity index (χ4v) is 5.13. The quantitative estimate of drug-likeness (QED) is 0.741. The topological polar surface area (TPSA) is 65.6 Å². The Hall–Kier alpha value is -2.29. The molecule has 0 aliphatic carbocycles. The van der Waals surface area contributed by atoms with Crippen molar-refractivity contribution in [1.82, 2.24) is 20.2 Å². The minimum Gasteiger partial charge on any atom is -0.378 e. The van der Waals surface area contributed by atoms with E-state index in [0.717, 1.165) is 74.9 Å². The first-order chi connectivity index (χ1) is 15.7. The van der Waals surface area contributed by atoms with Gasteiger partial charge in [0.15, 0.2) is 0 Å². The van der Waals surface area contributed by atoms with E-state index in [9.17, 15) is 4.39 Å². The first-order valence-electron chi connectivity index (χ1n) is 11.9. The van der Waals surface area contributed by atoms with Gasteiger partial charge in [-0.15, -0.1) is 0 Å². The van der Waals surface area contributed by atoms with Crippen LogP contribution in [0.15, 0.2) is 18.2 Å². The number of fused-ring (bicyclic) bond motifs is 1. The van der Waals surface area contributed by atoms with E-state index in [4.69, 9.17) is 14.7 Å². The van der Waals surface area contributed by atoms with Gasteiger partial charge in [0.1, 0.15) is 17.5 Å². The number of anilines is 2. The molecule has 8 heteroatoms. The molecular formula is C24H33FN6O. The van der Waals surface area contributed by atoms with Crippen LogP contribution in [0.2, 0.25) is 0 Å². The van der Waals surface area contributed by atoms with Crippen molar-refractivity contribution < 1.29 is 9.13 Å². The second kappa shape index (κ2) is 9.68. The fourth-order valence-electron chi connectivity index (χ4n) is 5.13. The van der Waals surface area contributed by atoms with Crippen LogP contribution in [0.25, 0.3) is 0 Å². The highest BCUT2D eigenvalue weighted by Crippen LogP contribution is 2.33. The zero-order valence-electron chi connectivity index (χ0n) is 18.9. The standard InChI is InChI=1S/C24H33FN6O/c1-26-23-18-15-27-8-7-20(18)28-24(29-23)22-4-2-3-9-31(22)16-17-5-6-21(19(25)14-17)30-10-12-32-13-11-30/h5-6,14,22,27H,2-4,7-13,15-16H2,1H3,(H,26,28,29)/t22-/m1/s1. The predicted octanol–water partition coefficient (Wildman–Crippen LogP) is 2.87. The third-order valence-electron chi connectivity index (χ3n) is 6.85. The zero-order chi connectivity index (χ0) is 21.9. The molecule has 7 nitrogen and oxygen atoms in total. The molecule has 2 fully saturated rings. The second-order valence-electron chi connectivity index (χ2n) is 8.90. The van der Waals surface area contributed by atoms with Gasteiger partial charge in [0.05, 0.1) is 30.6 Å². The van der Waals surface area contributed by atoms with Gasteiger partial charge in [-0.2, -0.15) is 0 Å². The molecule has 1 atom stereocenters. The summed E-state index contributed by atoms with van der Waals surface area (Å²) in [6.45, 7) is 6.25. The molecule has 4 heterocycles. The summed E-state index contributed by atoms with van der Waals surface area (Å²) in [4.78, 5) is 14.4. The molecule has 2 saturated heterocycles. The molecule has 0 radical (unpaired) electrons. The van der Waals surface area contributed by atoms with Gasteiger partial charge < -0.3 is 20.3 Å². The summed E-state index contributed by atoms with van der Waals surface area (Å²) in [7, 11) is 1.93. The Labute approximate surface area is 189 Å². The normalized spacial score (nSPS) is 21.9. The average Bonchev–Trinajstić information content (AvgIpc) is 2.84. The van der Waals surface area contributed by atoms with Gasteiger partial charge in [-0.3, -0.25) is 4.90 Å². The smallest absolute Gasteiger partial charge is 0.148 e. The summed E-state index contributed by atoms with van der Waals surface area (Å²) in [5, 5.41) is 6.68. The lowest BCUT2D eigenvalue weighted by molar-refractivity contribution is 0.122. The number of rotatable bonds is 5. The molecule has 0 amide bonds. The molecule has 3 aliphatic heterocycles. The number of ether oxygens (including phenoxy) is 1. The first-order valence-corrected chi connectivity index (χ1v) is 11.9. The minimum atomic E-state index is -0.145. The van der Waals surface area contributed by atoms with Crippen molar-refractivity contribution in [3.63, 3.8) is 0 Å². The lowest BCUT2D eigenvalue weighted by Crippen LogP contribution is -2.37. The number of morpholine rings is 1. The summed E-state index contributed by atoms with van der Waals surface area (Å²) in [6, 6.07) is 5.86. The Morgan fingerprint density at radius 2 is 2.06 bits per heavy atom. The molecule has 1 aromatic heterocycles. The van der Waals surface area contributed by atoms with Gasteiger partial charge >= 0.3 is 0 Å². The van der Waals surface area contributed by atoms with Crippen LogP contribution in [-0.2, 0) is 24.2 Å². The van der Waals surface area contributed by atoms with Gasteiger partial charge in [-0.1, -0.05) is 12.5 Å². The molecular weight excluding hydrogens is 407 g/mol. The van der Waals surface area contributed by atoms with Crippen LogP contribution in [0.5, 0.6) is 0 Å². The van der Waals surface area contributed by atoms with Crippen molar-refractivity contribution >= 4 is 11.5 Å². The lowest BCUT2D eigenvalue weighted by atomic mass is 9.99. The zero-order valence-corrected chi connectivity index (χ0v) is 18.9. The summed E-state index contributed by atoms with van der Waals surface area (Å²) >= 11 is 0. The van der Waals surface area contributed by atoms with Crippen LogP contribution in [0.1, 0.15) is 47.9 Å². The Kier molecular flexibility index (Phi) is 6.52. The molecule has 1 aromatic carbocycles. The molecule has 32 heavy (non-hydrogen) atoms. The largest absolute Gasteiger partial charge is 0.378 e. The summed E-state index contributed by atoms with van der Waals surface area (Å²) < 4.78 is 20.4. The predicted molar refractivity (Wildman–Crippen MR) is 123 cm³/mol. The molecule has 172 valence electrons. The van der Waals surface area contributed by atoms with Crippen LogP contribution >= 0.6 is 0 Å². The van der Waals surface area contributed by atoms with Crippen LogP contribution < -0.4 is 15.5 Å². The van der Waals surface area contributed by atoms with Crippen molar-refractivity contribution in [3.05, 3.63) is 46.7 Å². The molecule has 5 rings (SSSR count). The summed E-state index contributed by atoms with van der Waals surface area (Å²) in [6.07, 6.45) is 4.29. The highest BCUT2D eigenvalue weighted by atomic mass is 19.1. The number of halogens is 1. The Morgan fingerprint density at radius 1 is 1.19 bits per heavy atom. The van der Waals surface area contributed by atoms with Crippen molar-refractivity contribution in [2.45, 2.75) is 44.8 Å². The van der Waals surface area contributed by atoms with E-state index in [1.807, 2.05) is 13.1 Å². The third kappa shape index (κ3) is 4.44. The first kappa shape index (κ1) is 21.6. The third-order valence-corrected chi connectivity index (χ3v) is 6.85. The van der Waals surface area contributed by atoms with E-state index >= 15 is 0 Å². The van der Waals surface area contributed by atoms with Crippen molar-refractivity contribution in [2.24, 2.45) is 0 Å². The molecule has 0 saturated carbocycles. The maximum atomic E-state index is 15.0. The maximum absolute atomic E-state index is 15.0. The van der Waals surface area contributed by atoms with E-state index in [-0.39, 0.29) is 11.9 Å². The van der Waals surface area contributed by atoms with E-state index < -0.39 is 0 Å². The van der Waals surface area contributed by atoms with E-state index in [2.05, 4.69) is 26.5 Å². The highest BCUT2D eigenvalue weighted by Gasteiger charge is 2.29. The van der Waals surface area contributed by atoms with Crippen molar-refractivity contribution in [1.29, 1.82) is 0 Å². The Morgan fingerprint density at radius 3 is 2.88 bits per heavy atom. The van der Waals surface area contributed by atoms with E-state index in [1.54, 1.807) is 6.07 Å². The number of likely N-dealkylation sites (tertiary alicyclic amines) is 1. The van der Waals surface area contributed by atoms with E-state index in [1.165, 1.54) is 12.0 Å². The summed E-state index contributed by atoms with van der Waals surface area (Å²) in [5.74, 6) is 1.69. The Bertz CT molecular complexity index is 931. The van der Waals surface area contributed by atoms with Crippen molar-refractivity contribution in [2.75, 3.05) is 56.7 Å². The van der Waals surface area contributed by atoms with Gasteiger partial charge in [0.2, 0.25) is 0 Å². The molecule has 3 aliphatic rings. The van der Waals surface area contributed by atoms with Crippen LogP contribution in [0.4, 0.5) is 15.9 Å². The van der Waals surface area contributed by atoms with Crippen molar-refractivity contribution in [3.8, 4) is 0 Å². The van der Waals surface area contributed by atoms with Gasteiger partial charge in [-0.05, 0) is 37.1 Å². The van der Waals surface area contributed by atoms with Gasteiger partial charge in [0, 0.05) is 51.8 Å². The van der Waals surface area contributed by atoms with Gasteiger partial charge in [-0.25, -0.2) is 14.4 Å². The number of benzene rings is 1. The monoisotopic (exact) mass is 440 g/mol. The Balaban J connectivity index is 1.37. The fraction of sp³-hybridized carbons (Fsp3) is 0.583. The highest BCUT2D eigenvalue weighted by molar-refractivity contribution is 5.50. The number of nitrogens with zero attached hydrogens (tertiary/aromatic N) is 4. The maximum Gasteiger partial charge on any atom is 0.148 e. The molecule has 0 spiro atoms. The van der Waals surface area contributed by atoms with Crippen LogP contribution in [0.3, 0.4) is 0 Å². The number of hydrogen-bond acceptors (Lipinski definition) is 7. The SMILES string of the molecule is CNc1nc([C@H]2CCCCN2Cc2ccc(N3CCOCC3)c(F)c2)nc2c1CNCC2. The lowest BCUT2D eigenvalue weighted by Gasteiger charge is -2.35. The molecule has 2 N–H and O–H groups in total. The number of aromatic nitrogens is 2. The molecule has 2 aromatic rings. The van der Waals surface area contributed by atoms with Gasteiger partial charge in [0.25, 0.3) is 0 Å². The number of piperidine rings is 1. The summed E-state index contributed by atoms with van der Waals surface area (Å²) in [5.41, 5.74) is 4.02. The second-order valence-corrected chi connectivity index (χ2v) is 8.90. The number of nitrogens with one attached hydrogen (secondary N) is 2. The molecule has 0 unspecified atom stereocenters. The van der Waals surface area contributed by atoms with Crippen LogP contribution in [-0.4, -0.2) is 61.3 Å². The molecule has 0 bridgehead atoms.